The van der Waals surface area contributed by atoms with E-state index in [9.17, 15) is 30.8 Å². The minimum Gasteiger partial charge on any atom is -0.346 e. The van der Waals surface area contributed by atoms with E-state index in [1.54, 1.807) is 19.2 Å². The van der Waals surface area contributed by atoms with Gasteiger partial charge in [0.15, 0.2) is 11.5 Å². The van der Waals surface area contributed by atoms with E-state index in [0.717, 1.165) is 18.4 Å². The van der Waals surface area contributed by atoms with E-state index < -0.39 is 75.7 Å². The number of amides is 1. The van der Waals surface area contributed by atoms with Crippen molar-refractivity contribution in [2.45, 2.75) is 63.5 Å². The molecule has 4 heterocycles. The third-order valence-electron chi connectivity index (χ3n) is 10.1. The highest BCUT2D eigenvalue weighted by Gasteiger charge is 2.67. The predicted octanol–water partition coefficient (Wildman–Crippen LogP) is 7.38. The number of nitrogens with zero attached hydrogens (tertiary/aromatic N) is 6. The lowest BCUT2D eigenvalue weighted by atomic mass is 9.94. The average molecular weight is 820 g/mol. The van der Waals surface area contributed by atoms with Crippen LogP contribution in [0.4, 0.5) is 32.2 Å². The molecular formula is C36H32ClF6N9O3S. The number of sulfonamides is 1. The number of fused-ring (bicyclic) bond motifs is 5. The first kappa shape index (κ1) is 37.7. The van der Waals surface area contributed by atoms with Crippen LogP contribution in [0.1, 0.15) is 78.6 Å². The second-order valence-electron chi connectivity index (χ2n) is 14.5. The highest BCUT2D eigenvalue weighted by Crippen LogP contribution is 2.68. The molecule has 2 aromatic carbocycles. The quantitative estimate of drug-likeness (QED) is 0.115. The summed E-state index contributed by atoms with van der Waals surface area (Å²) >= 11 is 6.62. The van der Waals surface area contributed by atoms with Gasteiger partial charge < -0.3 is 10.3 Å². The number of aromatic amines is 1. The smallest absolute Gasteiger partial charge is 0.293 e. The highest BCUT2D eigenvalue weighted by molar-refractivity contribution is 7.92. The zero-order valence-corrected chi connectivity index (χ0v) is 31.5. The Morgan fingerprint density at radius 1 is 1.05 bits per heavy atom. The first-order valence-corrected chi connectivity index (χ1v) is 19.6. The maximum absolute atomic E-state index is 15.4. The number of alkyl halides is 4. The molecule has 1 amide bonds. The van der Waals surface area contributed by atoms with E-state index in [1.807, 2.05) is 13.8 Å². The van der Waals surface area contributed by atoms with E-state index in [4.69, 9.17) is 16.6 Å². The van der Waals surface area contributed by atoms with Gasteiger partial charge in [-0.05, 0) is 48.6 Å². The summed E-state index contributed by atoms with van der Waals surface area (Å²) < 4.78 is 117. The van der Waals surface area contributed by atoms with Crippen LogP contribution >= 0.6 is 11.6 Å². The predicted molar refractivity (Wildman–Crippen MR) is 194 cm³/mol. The molecule has 3 N–H and O–H groups in total. The van der Waals surface area contributed by atoms with Crippen LogP contribution in [0.5, 0.6) is 0 Å². The van der Waals surface area contributed by atoms with Crippen LogP contribution in [-0.2, 0) is 40.8 Å². The average Bonchev–Trinajstić information content (AvgIpc) is 3.34. The maximum atomic E-state index is 15.4. The van der Waals surface area contributed by atoms with Gasteiger partial charge in [0.25, 0.3) is 12.3 Å². The zero-order chi connectivity index (χ0) is 40.2. The van der Waals surface area contributed by atoms with Crippen LogP contribution in [0.3, 0.4) is 0 Å². The molecule has 2 aliphatic rings. The molecule has 56 heavy (non-hydrogen) atoms. The van der Waals surface area contributed by atoms with Crippen LogP contribution < -0.4 is 10.0 Å². The molecule has 0 radical (unpaired) electrons. The summed E-state index contributed by atoms with van der Waals surface area (Å²) in [7, 11) is -2.26. The number of imidazole rings is 1. The Bertz CT molecular complexity index is 2690. The van der Waals surface area contributed by atoms with Crippen molar-refractivity contribution in [2.75, 3.05) is 11.0 Å². The Balaban J connectivity index is 1.30. The van der Waals surface area contributed by atoms with Crippen LogP contribution in [0.25, 0.3) is 33.2 Å². The first-order valence-electron chi connectivity index (χ1n) is 17.4. The molecule has 1 saturated carbocycles. The number of halogens is 7. The number of aromatic nitrogens is 7. The molecule has 0 saturated heterocycles. The number of carbonyl (C=O) groups is 1. The molecule has 0 aliphatic heterocycles. The van der Waals surface area contributed by atoms with Crippen molar-refractivity contribution in [3.8, 4) is 11.1 Å². The number of hydrogen-bond donors (Lipinski definition) is 3. The lowest BCUT2D eigenvalue weighted by molar-refractivity contribution is -0.123. The number of carbonyl (C=O) groups excluding carboxylic acids is 1. The van der Waals surface area contributed by atoms with Crippen molar-refractivity contribution >= 4 is 55.4 Å². The molecule has 4 aromatic heterocycles. The summed E-state index contributed by atoms with van der Waals surface area (Å²) in [5, 5.41) is 11.2. The number of hydrogen-bond acceptors (Lipinski definition) is 7. The Kier molecular flexibility index (Phi) is 8.90. The molecule has 8 rings (SSSR count). The third kappa shape index (κ3) is 6.53. The fourth-order valence-corrected chi connectivity index (χ4v) is 8.44. The van der Waals surface area contributed by atoms with Crippen molar-refractivity contribution < 1.29 is 39.6 Å². The number of rotatable bonds is 11. The van der Waals surface area contributed by atoms with Gasteiger partial charge in [-0.25, -0.2) is 35.9 Å². The van der Waals surface area contributed by atoms with E-state index in [0.29, 0.717) is 38.7 Å². The van der Waals surface area contributed by atoms with Gasteiger partial charge in [-0.15, -0.1) is 0 Å². The second-order valence-corrected chi connectivity index (χ2v) is 16.7. The van der Waals surface area contributed by atoms with Gasteiger partial charge in [-0.2, -0.15) is 19.0 Å². The molecule has 12 nitrogen and oxygen atoms in total. The summed E-state index contributed by atoms with van der Waals surface area (Å²) in [4.78, 5) is 26.6. The molecule has 0 bridgehead atoms. The SMILES string of the molecule is CC(C)c1nc2nc([C@H](Cc3cc(F)cc(F)c3)NC(=O)Cn3nc(C(F)F)c4c3C(F)(F)C3C[C@H]43)c(-c3ccc(Cl)c4c(NS(C)(=O)=O)nn(C)c34)cc2[nH]1. The molecular weight excluding hydrogens is 788 g/mol. The largest absolute Gasteiger partial charge is 0.346 e. The molecule has 0 spiro atoms. The Morgan fingerprint density at radius 3 is 2.43 bits per heavy atom. The van der Waals surface area contributed by atoms with Crippen LogP contribution in [-0.4, -0.2) is 55.1 Å². The molecule has 294 valence electrons. The molecule has 3 atom stereocenters. The van der Waals surface area contributed by atoms with E-state index in [1.165, 1.54) is 10.7 Å². The number of aryl methyl sites for hydroxylation is 1. The van der Waals surface area contributed by atoms with E-state index in [2.05, 4.69) is 30.2 Å². The molecule has 2 aliphatic carbocycles. The monoisotopic (exact) mass is 819 g/mol. The van der Waals surface area contributed by atoms with Gasteiger partial charge in [-0.1, -0.05) is 31.5 Å². The number of H-pyrrole nitrogens is 1. The van der Waals surface area contributed by atoms with Gasteiger partial charge in [0.2, 0.25) is 15.9 Å². The van der Waals surface area contributed by atoms with Gasteiger partial charge in [0, 0.05) is 41.6 Å². The van der Waals surface area contributed by atoms with Crippen molar-refractivity contribution in [1.82, 2.24) is 39.8 Å². The van der Waals surface area contributed by atoms with E-state index in [-0.39, 0.29) is 57.5 Å². The fraction of sp³-hybridized carbons (Fsp3) is 0.361. The maximum Gasteiger partial charge on any atom is 0.293 e. The Labute approximate surface area is 319 Å². The van der Waals surface area contributed by atoms with Crippen molar-refractivity contribution in [3.63, 3.8) is 0 Å². The summed E-state index contributed by atoms with van der Waals surface area (Å²) in [5.41, 5.74) is 0.124. The minimum absolute atomic E-state index is 0.0347. The normalized spacial score (nSPS) is 17.9. The summed E-state index contributed by atoms with van der Waals surface area (Å²) in [6.45, 7) is 2.91. The van der Waals surface area contributed by atoms with E-state index >= 15 is 8.78 Å². The standard InChI is InChI=1S/C36H32ClF6N9O3S/c1-14(2)33-45-24-12-19(18-5-6-22(37)27-30(18)51(3)49-35(27)50-56(4,54)55)28(46-34(24)47-33)23(9-15-7-16(38)10-17(39)8-15)44-25(53)13-52-31-26(29(48-52)32(40)41)20-11-21(20)36(31,42)43/h5-8,10,12,14,20-21,23,32H,9,11,13H2,1-4H3,(H,44,53)(H,49,50)(H,45,46,47)/t20-,21?,23-/m0/s1. The summed E-state index contributed by atoms with van der Waals surface area (Å²) in [6.07, 6.45) is -2.47. The van der Waals surface area contributed by atoms with Crippen LogP contribution in [0, 0.1) is 17.6 Å². The summed E-state index contributed by atoms with van der Waals surface area (Å²) in [5.74, 6) is -7.76. The first-order chi connectivity index (χ1) is 26.3. The Hall–Kier alpha value is -5.17. The van der Waals surface area contributed by atoms with Crippen LogP contribution in [0.15, 0.2) is 36.4 Å². The molecule has 1 unspecified atom stereocenters. The fourth-order valence-electron chi connectivity index (χ4n) is 7.71. The van der Waals surface area contributed by atoms with Crippen molar-refractivity contribution in [1.29, 1.82) is 0 Å². The van der Waals surface area contributed by atoms with Gasteiger partial charge in [0.05, 0.1) is 39.4 Å². The lowest BCUT2D eigenvalue weighted by Gasteiger charge is -2.23. The molecule has 6 aromatic rings. The molecule has 20 heteroatoms. The Morgan fingerprint density at radius 2 is 1.77 bits per heavy atom. The number of pyridine rings is 1. The molecule has 1 fully saturated rings. The highest BCUT2D eigenvalue weighted by atomic mass is 35.5. The number of benzene rings is 2. The third-order valence-corrected chi connectivity index (χ3v) is 10.9. The zero-order valence-electron chi connectivity index (χ0n) is 29.9. The number of anilines is 1. The van der Waals surface area contributed by atoms with Gasteiger partial charge in [-0.3, -0.25) is 18.9 Å². The topological polar surface area (TPSA) is 152 Å². The lowest BCUT2D eigenvalue weighted by Crippen LogP contribution is -2.35. The second kappa shape index (κ2) is 13.2. The van der Waals surface area contributed by atoms with Gasteiger partial charge >= 0.3 is 0 Å². The van der Waals surface area contributed by atoms with Crippen molar-refractivity contribution in [3.05, 3.63) is 87.1 Å². The van der Waals surface area contributed by atoms with Gasteiger partial charge in [0.1, 0.15) is 35.4 Å². The minimum atomic E-state index is -3.82. The van der Waals surface area contributed by atoms with Crippen molar-refractivity contribution in [2.24, 2.45) is 13.0 Å². The number of nitrogens with one attached hydrogen (secondary N) is 3. The van der Waals surface area contributed by atoms with Crippen LogP contribution in [0.2, 0.25) is 5.02 Å². The summed E-state index contributed by atoms with van der Waals surface area (Å²) in [6, 6.07) is 6.33.